The fourth-order valence-corrected chi connectivity index (χ4v) is 2.48. The van der Waals surface area contributed by atoms with Crippen molar-refractivity contribution in [3.63, 3.8) is 0 Å². The van der Waals surface area contributed by atoms with Crippen LogP contribution in [0.4, 0.5) is 0 Å². The third kappa shape index (κ3) is 5.35. The van der Waals surface area contributed by atoms with Gasteiger partial charge in [0.15, 0.2) is 0 Å². The number of nitrogens with one attached hydrogen (secondary N) is 2. The average Bonchev–Trinajstić information content (AvgIpc) is 3.03. The highest BCUT2D eigenvalue weighted by Gasteiger charge is 2.04. The zero-order chi connectivity index (χ0) is 14.9. The lowest BCUT2D eigenvalue weighted by molar-refractivity contribution is 0.555. The van der Waals surface area contributed by atoms with E-state index < -0.39 is 0 Å². The van der Waals surface area contributed by atoms with Gasteiger partial charge in [0.1, 0.15) is 5.82 Å². The summed E-state index contributed by atoms with van der Waals surface area (Å²) in [7, 11) is 0. The standard InChI is InChI=1S/C18H27N3/c1-3-4-6-16-8-10-17(11-9-16)15(2)19-12-5-7-18-20-13-14-21-18/h8-11,13-15,19H,3-7,12H2,1-2H3,(H,20,21). The van der Waals surface area contributed by atoms with Gasteiger partial charge in [-0.2, -0.15) is 0 Å². The largest absolute Gasteiger partial charge is 0.349 e. The van der Waals surface area contributed by atoms with Crippen LogP contribution in [0.5, 0.6) is 0 Å². The molecule has 1 aromatic heterocycles. The van der Waals surface area contributed by atoms with Crippen LogP contribution in [0, 0.1) is 0 Å². The number of imidazole rings is 1. The minimum Gasteiger partial charge on any atom is -0.349 e. The van der Waals surface area contributed by atoms with Crippen molar-refractivity contribution in [1.29, 1.82) is 0 Å². The number of hydrogen-bond acceptors (Lipinski definition) is 2. The Morgan fingerprint density at radius 2 is 1.95 bits per heavy atom. The van der Waals surface area contributed by atoms with Crippen molar-refractivity contribution in [2.45, 2.75) is 52.0 Å². The Morgan fingerprint density at radius 1 is 1.14 bits per heavy atom. The summed E-state index contributed by atoms with van der Waals surface area (Å²) in [5.41, 5.74) is 2.82. The summed E-state index contributed by atoms with van der Waals surface area (Å²) >= 11 is 0. The van der Waals surface area contributed by atoms with Crippen LogP contribution in [-0.4, -0.2) is 16.5 Å². The fourth-order valence-electron chi connectivity index (χ4n) is 2.48. The minimum atomic E-state index is 0.404. The first-order valence-electron chi connectivity index (χ1n) is 8.10. The smallest absolute Gasteiger partial charge is 0.106 e. The van der Waals surface area contributed by atoms with E-state index in [0.29, 0.717) is 6.04 Å². The maximum atomic E-state index is 4.24. The van der Waals surface area contributed by atoms with E-state index in [9.17, 15) is 0 Å². The molecule has 0 saturated heterocycles. The van der Waals surface area contributed by atoms with Crippen molar-refractivity contribution < 1.29 is 0 Å². The maximum absolute atomic E-state index is 4.24. The van der Waals surface area contributed by atoms with E-state index in [4.69, 9.17) is 0 Å². The second kappa shape index (κ2) is 8.63. The SMILES string of the molecule is CCCCc1ccc(C(C)NCCCc2ncc[nH]2)cc1. The lowest BCUT2D eigenvalue weighted by Crippen LogP contribution is -2.20. The van der Waals surface area contributed by atoms with E-state index in [2.05, 4.69) is 53.4 Å². The Labute approximate surface area is 128 Å². The number of aromatic amines is 1. The van der Waals surface area contributed by atoms with E-state index >= 15 is 0 Å². The molecule has 2 aromatic rings. The molecule has 3 heteroatoms. The quantitative estimate of drug-likeness (QED) is 0.683. The molecule has 0 radical (unpaired) electrons. The first-order chi connectivity index (χ1) is 10.3. The summed E-state index contributed by atoms with van der Waals surface area (Å²) in [4.78, 5) is 7.38. The molecule has 0 aliphatic carbocycles. The summed E-state index contributed by atoms with van der Waals surface area (Å²) in [6.07, 6.45) is 9.53. The van der Waals surface area contributed by atoms with E-state index in [1.54, 1.807) is 0 Å². The molecule has 0 aliphatic rings. The molecule has 3 nitrogen and oxygen atoms in total. The number of rotatable bonds is 9. The summed E-state index contributed by atoms with van der Waals surface area (Å²) in [5.74, 6) is 1.07. The molecular weight excluding hydrogens is 258 g/mol. The number of unbranched alkanes of at least 4 members (excludes halogenated alkanes) is 1. The second-order valence-corrected chi connectivity index (χ2v) is 5.66. The molecule has 1 aromatic carbocycles. The number of aromatic nitrogens is 2. The van der Waals surface area contributed by atoms with Crippen molar-refractivity contribution in [2.75, 3.05) is 6.54 Å². The molecule has 0 bridgehead atoms. The predicted octanol–water partition coefficient (Wildman–Crippen LogP) is 4.04. The molecule has 0 spiro atoms. The van der Waals surface area contributed by atoms with Gasteiger partial charge >= 0.3 is 0 Å². The molecule has 21 heavy (non-hydrogen) atoms. The monoisotopic (exact) mass is 285 g/mol. The molecule has 114 valence electrons. The topological polar surface area (TPSA) is 40.7 Å². The zero-order valence-corrected chi connectivity index (χ0v) is 13.2. The van der Waals surface area contributed by atoms with Crippen LogP contribution >= 0.6 is 0 Å². The Kier molecular flexibility index (Phi) is 6.48. The average molecular weight is 285 g/mol. The summed E-state index contributed by atoms with van der Waals surface area (Å²) in [5, 5.41) is 3.58. The third-order valence-corrected chi connectivity index (χ3v) is 3.89. The number of benzene rings is 1. The highest BCUT2D eigenvalue weighted by Crippen LogP contribution is 2.14. The minimum absolute atomic E-state index is 0.404. The Morgan fingerprint density at radius 3 is 2.62 bits per heavy atom. The predicted molar refractivity (Wildman–Crippen MR) is 88.4 cm³/mol. The van der Waals surface area contributed by atoms with Gasteiger partial charge in [-0.1, -0.05) is 37.6 Å². The highest BCUT2D eigenvalue weighted by molar-refractivity contribution is 5.24. The zero-order valence-electron chi connectivity index (χ0n) is 13.2. The van der Waals surface area contributed by atoms with Crippen LogP contribution in [0.3, 0.4) is 0 Å². The molecule has 1 heterocycles. The van der Waals surface area contributed by atoms with Gasteiger partial charge in [0.05, 0.1) is 0 Å². The number of hydrogen-bond donors (Lipinski definition) is 2. The van der Waals surface area contributed by atoms with Crippen LogP contribution in [0.2, 0.25) is 0 Å². The fraction of sp³-hybridized carbons (Fsp3) is 0.500. The normalized spacial score (nSPS) is 12.5. The first-order valence-corrected chi connectivity index (χ1v) is 8.10. The van der Waals surface area contributed by atoms with Gasteiger partial charge < -0.3 is 10.3 Å². The van der Waals surface area contributed by atoms with Crippen LogP contribution in [0.1, 0.15) is 56.1 Å². The van der Waals surface area contributed by atoms with Gasteiger partial charge in [-0.3, -0.25) is 0 Å². The van der Waals surface area contributed by atoms with Gasteiger partial charge in [-0.05, 0) is 43.9 Å². The second-order valence-electron chi connectivity index (χ2n) is 5.66. The third-order valence-electron chi connectivity index (χ3n) is 3.89. The van der Waals surface area contributed by atoms with E-state index in [1.807, 2.05) is 12.4 Å². The van der Waals surface area contributed by atoms with Gasteiger partial charge in [-0.25, -0.2) is 4.98 Å². The van der Waals surface area contributed by atoms with E-state index in [0.717, 1.165) is 25.2 Å². The van der Waals surface area contributed by atoms with E-state index in [1.165, 1.54) is 30.4 Å². The first kappa shape index (κ1) is 15.8. The van der Waals surface area contributed by atoms with Crippen LogP contribution in [0.15, 0.2) is 36.7 Å². The summed E-state index contributed by atoms with van der Waals surface area (Å²) in [6, 6.07) is 9.46. The lowest BCUT2D eigenvalue weighted by Gasteiger charge is -2.14. The summed E-state index contributed by atoms with van der Waals surface area (Å²) in [6.45, 7) is 5.48. The van der Waals surface area contributed by atoms with Crippen molar-refractivity contribution in [3.8, 4) is 0 Å². The molecule has 0 fully saturated rings. The van der Waals surface area contributed by atoms with Crippen LogP contribution < -0.4 is 5.32 Å². The van der Waals surface area contributed by atoms with Gasteiger partial charge in [-0.15, -0.1) is 0 Å². The van der Waals surface area contributed by atoms with Gasteiger partial charge in [0, 0.05) is 24.9 Å². The molecule has 1 unspecified atom stereocenters. The Balaban J connectivity index is 1.71. The Hall–Kier alpha value is -1.61. The van der Waals surface area contributed by atoms with Crippen molar-refractivity contribution in [3.05, 3.63) is 53.6 Å². The van der Waals surface area contributed by atoms with Crippen LogP contribution in [0.25, 0.3) is 0 Å². The van der Waals surface area contributed by atoms with Gasteiger partial charge in [0.25, 0.3) is 0 Å². The summed E-state index contributed by atoms with van der Waals surface area (Å²) < 4.78 is 0. The van der Waals surface area contributed by atoms with Crippen molar-refractivity contribution >= 4 is 0 Å². The molecule has 0 saturated carbocycles. The maximum Gasteiger partial charge on any atom is 0.106 e. The Bertz CT molecular complexity index is 488. The van der Waals surface area contributed by atoms with Crippen molar-refractivity contribution in [2.24, 2.45) is 0 Å². The van der Waals surface area contributed by atoms with E-state index in [-0.39, 0.29) is 0 Å². The molecule has 0 aliphatic heterocycles. The number of nitrogens with zero attached hydrogens (tertiary/aromatic N) is 1. The van der Waals surface area contributed by atoms with Crippen LogP contribution in [-0.2, 0) is 12.8 Å². The number of H-pyrrole nitrogens is 1. The lowest BCUT2D eigenvalue weighted by atomic mass is 10.0. The molecule has 2 rings (SSSR count). The van der Waals surface area contributed by atoms with Gasteiger partial charge in [0.2, 0.25) is 0 Å². The molecule has 1 atom stereocenters. The molecule has 2 N–H and O–H groups in total. The van der Waals surface area contributed by atoms with Crippen molar-refractivity contribution in [1.82, 2.24) is 15.3 Å². The highest BCUT2D eigenvalue weighted by atomic mass is 14.9. The molecule has 0 amide bonds. The molecular formula is C18H27N3. The number of aryl methyl sites for hydroxylation is 2.